The van der Waals surface area contributed by atoms with E-state index in [1.807, 2.05) is 59.9 Å². The molecule has 1 unspecified atom stereocenters. The van der Waals surface area contributed by atoms with Gasteiger partial charge in [-0.3, -0.25) is 9.20 Å². The second-order valence-electron chi connectivity index (χ2n) is 7.36. The van der Waals surface area contributed by atoms with Gasteiger partial charge in [0.15, 0.2) is 5.16 Å². The van der Waals surface area contributed by atoms with Gasteiger partial charge in [-0.1, -0.05) is 42.1 Å². The third-order valence-electron chi connectivity index (χ3n) is 5.42. The fourth-order valence-corrected chi connectivity index (χ4v) is 4.92. The molecule has 0 spiro atoms. The smallest absolute Gasteiger partial charge is 0.267 e. The predicted molar refractivity (Wildman–Crippen MR) is 115 cm³/mol. The SMILES string of the molecule is Cc1ccccc1-n1c(=O)c2ccccc2n2c(SCC3CCCCO3)nnc12. The number of fused-ring (bicyclic) bond motifs is 3. The van der Waals surface area contributed by atoms with Crippen LogP contribution in [0.15, 0.2) is 58.5 Å². The van der Waals surface area contributed by atoms with Gasteiger partial charge in [-0.05, 0) is 49.9 Å². The van der Waals surface area contributed by atoms with Crippen LogP contribution in [0.3, 0.4) is 0 Å². The summed E-state index contributed by atoms with van der Waals surface area (Å²) in [5.41, 5.74) is 2.59. The minimum Gasteiger partial charge on any atom is -0.377 e. The van der Waals surface area contributed by atoms with Crippen LogP contribution in [0.25, 0.3) is 22.4 Å². The summed E-state index contributed by atoms with van der Waals surface area (Å²) < 4.78 is 9.54. The monoisotopic (exact) mass is 406 g/mol. The molecule has 1 aliphatic heterocycles. The van der Waals surface area contributed by atoms with Gasteiger partial charge in [-0.25, -0.2) is 4.57 Å². The summed E-state index contributed by atoms with van der Waals surface area (Å²) in [5, 5.41) is 10.3. The highest BCUT2D eigenvalue weighted by atomic mass is 32.2. The molecule has 0 saturated carbocycles. The maximum absolute atomic E-state index is 13.4. The molecule has 2 aromatic heterocycles. The number of thioether (sulfide) groups is 1. The van der Waals surface area contributed by atoms with Crippen molar-refractivity contribution < 1.29 is 4.74 Å². The Hall–Kier alpha value is -2.64. The average Bonchev–Trinajstić information content (AvgIpc) is 3.18. The zero-order valence-corrected chi connectivity index (χ0v) is 17.1. The predicted octanol–water partition coefficient (Wildman–Crippen LogP) is 4.00. The Morgan fingerprint density at radius 2 is 1.93 bits per heavy atom. The molecule has 3 heterocycles. The van der Waals surface area contributed by atoms with E-state index in [9.17, 15) is 4.79 Å². The highest BCUT2D eigenvalue weighted by molar-refractivity contribution is 7.99. The maximum atomic E-state index is 13.4. The number of hydrogen-bond donors (Lipinski definition) is 0. The van der Waals surface area contributed by atoms with E-state index in [-0.39, 0.29) is 11.7 Å². The molecule has 1 aliphatic rings. The van der Waals surface area contributed by atoms with Crippen molar-refractivity contribution in [2.24, 2.45) is 0 Å². The zero-order chi connectivity index (χ0) is 19.8. The lowest BCUT2D eigenvalue weighted by atomic mass is 10.1. The molecular formula is C22H22N4O2S. The molecule has 6 nitrogen and oxygen atoms in total. The van der Waals surface area contributed by atoms with Crippen molar-refractivity contribution in [1.29, 1.82) is 0 Å². The fraction of sp³-hybridized carbons (Fsp3) is 0.318. The van der Waals surface area contributed by atoms with Crippen LogP contribution < -0.4 is 5.56 Å². The molecule has 29 heavy (non-hydrogen) atoms. The first kappa shape index (κ1) is 18.4. The van der Waals surface area contributed by atoms with Gasteiger partial charge in [-0.2, -0.15) is 0 Å². The fourth-order valence-electron chi connectivity index (χ4n) is 3.91. The van der Waals surface area contributed by atoms with Crippen LogP contribution in [-0.4, -0.2) is 37.6 Å². The highest BCUT2D eigenvalue weighted by Crippen LogP contribution is 2.26. The molecule has 1 atom stereocenters. The average molecular weight is 407 g/mol. The zero-order valence-electron chi connectivity index (χ0n) is 16.2. The Labute approximate surface area is 172 Å². The number of aryl methyl sites for hydroxylation is 1. The lowest BCUT2D eigenvalue weighted by Gasteiger charge is -2.21. The van der Waals surface area contributed by atoms with E-state index >= 15 is 0 Å². The molecule has 1 saturated heterocycles. The lowest BCUT2D eigenvalue weighted by Crippen LogP contribution is -2.23. The first-order chi connectivity index (χ1) is 14.2. The van der Waals surface area contributed by atoms with E-state index in [0.29, 0.717) is 11.2 Å². The van der Waals surface area contributed by atoms with Crippen molar-refractivity contribution in [1.82, 2.24) is 19.2 Å². The second-order valence-corrected chi connectivity index (χ2v) is 8.35. The van der Waals surface area contributed by atoms with Crippen molar-refractivity contribution in [3.05, 3.63) is 64.4 Å². The van der Waals surface area contributed by atoms with Crippen molar-refractivity contribution >= 4 is 28.4 Å². The summed E-state index contributed by atoms with van der Waals surface area (Å²) >= 11 is 1.64. The summed E-state index contributed by atoms with van der Waals surface area (Å²) in [7, 11) is 0. The Morgan fingerprint density at radius 1 is 1.10 bits per heavy atom. The standard InChI is InChI=1S/C22H22N4O2S/c1-15-8-2-4-11-18(15)25-20(27)17-10-3-5-12-19(17)26-21(25)23-24-22(26)29-14-16-9-6-7-13-28-16/h2-5,8,10-12,16H,6-7,9,13-14H2,1H3. The number of para-hydroxylation sites is 2. The molecule has 0 radical (unpaired) electrons. The number of hydrogen-bond acceptors (Lipinski definition) is 5. The van der Waals surface area contributed by atoms with E-state index < -0.39 is 0 Å². The van der Waals surface area contributed by atoms with Gasteiger partial charge in [0.2, 0.25) is 5.78 Å². The summed E-state index contributed by atoms with van der Waals surface area (Å²) in [6, 6.07) is 15.5. The quantitative estimate of drug-likeness (QED) is 0.480. The number of ether oxygens (including phenoxy) is 1. The summed E-state index contributed by atoms with van der Waals surface area (Å²) in [6.07, 6.45) is 3.68. The third-order valence-corrected chi connectivity index (χ3v) is 6.48. The van der Waals surface area contributed by atoms with E-state index in [1.165, 1.54) is 6.42 Å². The summed E-state index contributed by atoms with van der Waals surface area (Å²) in [6.45, 7) is 2.83. The first-order valence-electron chi connectivity index (χ1n) is 9.93. The summed E-state index contributed by atoms with van der Waals surface area (Å²) in [5.74, 6) is 1.37. The molecule has 0 aliphatic carbocycles. The molecule has 1 fully saturated rings. The van der Waals surface area contributed by atoms with Crippen LogP contribution in [0.2, 0.25) is 0 Å². The normalized spacial score (nSPS) is 17.2. The van der Waals surface area contributed by atoms with Gasteiger partial charge in [0.05, 0.1) is 22.7 Å². The highest BCUT2D eigenvalue weighted by Gasteiger charge is 2.20. The lowest BCUT2D eigenvalue weighted by molar-refractivity contribution is 0.0315. The maximum Gasteiger partial charge on any atom is 0.267 e. The largest absolute Gasteiger partial charge is 0.377 e. The Kier molecular flexibility index (Phi) is 4.85. The van der Waals surface area contributed by atoms with Gasteiger partial charge in [0, 0.05) is 12.4 Å². The molecule has 2 aromatic carbocycles. The van der Waals surface area contributed by atoms with Crippen LogP contribution in [-0.2, 0) is 4.74 Å². The van der Waals surface area contributed by atoms with Crippen LogP contribution >= 0.6 is 11.8 Å². The minimum atomic E-state index is -0.0815. The van der Waals surface area contributed by atoms with Gasteiger partial charge >= 0.3 is 0 Å². The van der Waals surface area contributed by atoms with E-state index in [0.717, 1.165) is 47.1 Å². The Bertz CT molecular complexity index is 1240. The topological polar surface area (TPSA) is 61.4 Å². The van der Waals surface area contributed by atoms with Crippen molar-refractivity contribution in [2.45, 2.75) is 37.4 Å². The molecule has 7 heteroatoms. The molecule has 148 valence electrons. The number of benzene rings is 2. The summed E-state index contributed by atoms with van der Waals surface area (Å²) in [4.78, 5) is 13.4. The molecule has 5 rings (SSSR count). The molecule has 0 bridgehead atoms. The number of aromatic nitrogens is 4. The van der Waals surface area contributed by atoms with Crippen LogP contribution in [0, 0.1) is 6.92 Å². The molecular weight excluding hydrogens is 384 g/mol. The minimum absolute atomic E-state index is 0.0815. The van der Waals surface area contributed by atoms with Crippen LogP contribution in [0.5, 0.6) is 0 Å². The van der Waals surface area contributed by atoms with Gasteiger partial charge in [-0.15, -0.1) is 10.2 Å². The van der Waals surface area contributed by atoms with E-state index in [4.69, 9.17) is 4.74 Å². The molecule has 0 amide bonds. The van der Waals surface area contributed by atoms with Crippen molar-refractivity contribution in [3.8, 4) is 5.69 Å². The van der Waals surface area contributed by atoms with E-state index in [1.54, 1.807) is 16.3 Å². The molecule has 0 N–H and O–H groups in total. The Morgan fingerprint density at radius 3 is 2.76 bits per heavy atom. The number of nitrogens with zero attached hydrogens (tertiary/aromatic N) is 4. The van der Waals surface area contributed by atoms with Crippen LogP contribution in [0.1, 0.15) is 24.8 Å². The van der Waals surface area contributed by atoms with E-state index in [2.05, 4.69) is 10.2 Å². The van der Waals surface area contributed by atoms with Gasteiger partial charge in [0.25, 0.3) is 5.56 Å². The van der Waals surface area contributed by atoms with Gasteiger partial charge in [0.1, 0.15) is 0 Å². The number of rotatable bonds is 4. The third kappa shape index (κ3) is 3.24. The molecule has 4 aromatic rings. The Balaban J connectivity index is 1.69. The van der Waals surface area contributed by atoms with Crippen molar-refractivity contribution in [3.63, 3.8) is 0 Å². The van der Waals surface area contributed by atoms with Crippen molar-refractivity contribution in [2.75, 3.05) is 12.4 Å². The first-order valence-corrected chi connectivity index (χ1v) is 10.9. The second kappa shape index (κ2) is 7.65. The van der Waals surface area contributed by atoms with Gasteiger partial charge < -0.3 is 4.74 Å². The van der Waals surface area contributed by atoms with Crippen LogP contribution in [0.4, 0.5) is 0 Å².